The summed E-state index contributed by atoms with van der Waals surface area (Å²) in [7, 11) is -2.43. The molecule has 2 aromatic rings. The molecule has 0 saturated carbocycles. The normalized spacial score (nSPS) is 15.6. The Morgan fingerprint density at radius 2 is 1.75 bits per heavy atom. The van der Waals surface area contributed by atoms with Gasteiger partial charge in [-0.25, -0.2) is 12.8 Å². The number of para-hydroxylation sites is 1. The zero-order valence-corrected chi connectivity index (χ0v) is 16.5. The number of sulfonamides is 1. The summed E-state index contributed by atoms with van der Waals surface area (Å²) < 4.78 is 46.8. The number of ether oxygens (including phenoxy) is 1. The first-order valence-electron chi connectivity index (χ1n) is 9.17. The number of methoxy groups -OCH3 is 1. The first-order chi connectivity index (χ1) is 13.4. The van der Waals surface area contributed by atoms with Crippen LogP contribution in [0, 0.1) is 5.82 Å². The molecule has 1 amide bonds. The van der Waals surface area contributed by atoms with Crippen molar-refractivity contribution in [3.8, 4) is 5.75 Å². The Morgan fingerprint density at radius 1 is 1.07 bits per heavy atom. The zero-order valence-electron chi connectivity index (χ0n) is 15.7. The number of benzene rings is 2. The van der Waals surface area contributed by atoms with Gasteiger partial charge in [0.15, 0.2) is 0 Å². The lowest BCUT2D eigenvalue weighted by Gasteiger charge is -2.21. The number of anilines is 1. The van der Waals surface area contributed by atoms with Crippen LogP contribution in [-0.4, -0.2) is 38.8 Å². The highest BCUT2D eigenvalue weighted by atomic mass is 32.2. The van der Waals surface area contributed by atoms with Gasteiger partial charge in [-0.3, -0.25) is 4.79 Å². The maximum atomic E-state index is 13.8. The summed E-state index contributed by atoms with van der Waals surface area (Å²) in [5.74, 6) is -0.992. The quantitative estimate of drug-likeness (QED) is 0.822. The highest BCUT2D eigenvalue weighted by molar-refractivity contribution is 7.89. The van der Waals surface area contributed by atoms with Crippen molar-refractivity contribution in [1.82, 2.24) is 4.31 Å². The summed E-state index contributed by atoms with van der Waals surface area (Å²) in [6.07, 6.45) is 3.59. The number of nitrogens with one attached hydrogen (secondary N) is 1. The molecule has 1 heterocycles. The summed E-state index contributed by atoms with van der Waals surface area (Å²) in [5.41, 5.74) is 0.137. The van der Waals surface area contributed by atoms with Crippen LogP contribution >= 0.6 is 0 Å². The molecule has 1 aliphatic heterocycles. The first-order valence-corrected chi connectivity index (χ1v) is 10.6. The standard InChI is InChI=1S/C20H23FN2O4S/c1-27-18-11-10-15(20(24)22-17-9-5-4-8-16(17)21)14-19(18)28(25,26)23-12-6-2-3-7-13-23/h4-5,8-11,14H,2-3,6-7,12-13H2,1H3,(H,22,24). The fourth-order valence-electron chi connectivity index (χ4n) is 3.20. The molecule has 6 nitrogen and oxygen atoms in total. The molecule has 150 valence electrons. The van der Waals surface area contributed by atoms with Gasteiger partial charge in [0.05, 0.1) is 12.8 Å². The Kier molecular flexibility index (Phi) is 6.31. The third kappa shape index (κ3) is 4.34. The highest BCUT2D eigenvalue weighted by Gasteiger charge is 2.29. The van der Waals surface area contributed by atoms with E-state index in [1.807, 2.05) is 0 Å². The molecule has 1 fully saturated rings. The molecule has 1 N–H and O–H groups in total. The number of rotatable bonds is 5. The third-order valence-electron chi connectivity index (χ3n) is 4.73. The Balaban J connectivity index is 1.93. The molecule has 0 aromatic heterocycles. The van der Waals surface area contributed by atoms with Gasteiger partial charge in [0.2, 0.25) is 10.0 Å². The maximum Gasteiger partial charge on any atom is 0.255 e. The first kappa shape index (κ1) is 20.3. The monoisotopic (exact) mass is 406 g/mol. The number of carbonyl (C=O) groups excluding carboxylic acids is 1. The molecule has 8 heteroatoms. The molecule has 28 heavy (non-hydrogen) atoms. The van der Waals surface area contributed by atoms with Gasteiger partial charge < -0.3 is 10.1 Å². The van der Waals surface area contributed by atoms with Gasteiger partial charge in [-0.15, -0.1) is 0 Å². The van der Waals surface area contributed by atoms with E-state index in [4.69, 9.17) is 4.74 Å². The second-order valence-electron chi connectivity index (χ2n) is 6.62. The van der Waals surface area contributed by atoms with Gasteiger partial charge in [0.25, 0.3) is 5.91 Å². The second-order valence-corrected chi connectivity index (χ2v) is 8.52. The van der Waals surface area contributed by atoms with E-state index in [1.54, 1.807) is 6.07 Å². The minimum Gasteiger partial charge on any atom is -0.495 e. The maximum absolute atomic E-state index is 13.8. The van der Waals surface area contributed by atoms with Crippen LogP contribution in [0.3, 0.4) is 0 Å². The summed E-state index contributed by atoms with van der Waals surface area (Å²) in [6, 6.07) is 9.98. The minimum absolute atomic E-state index is 0.0280. The number of amides is 1. The van der Waals surface area contributed by atoms with E-state index in [9.17, 15) is 17.6 Å². The van der Waals surface area contributed by atoms with Crippen molar-refractivity contribution in [1.29, 1.82) is 0 Å². The van der Waals surface area contributed by atoms with Crippen LogP contribution in [0.5, 0.6) is 5.75 Å². The van der Waals surface area contributed by atoms with E-state index in [0.29, 0.717) is 13.1 Å². The molecule has 0 radical (unpaired) electrons. The predicted octanol–water partition coefficient (Wildman–Crippen LogP) is 3.65. The van der Waals surface area contributed by atoms with Crippen molar-refractivity contribution in [2.45, 2.75) is 30.6 Å². The Labute approximate surface area is 164 Å². The lowest BCUT2D eigenvalue weighted by Crippen LogP contribution is -2.32. The molecule has 1 saturated heterocycles. The average Bonchev–Trinajstić information content (AvgIpc) is 2.99. The SMILES string of the molecule is COc1ccc(C(=O)Nc2ccccc2F)cc1S(=O)(=O)N1CCCCCC1. The van der Waals surface area contributed by atoms with Gasteiger partial charge in [-0.1, -0.05) is 25.0 Å². The minimum atomic E-state index is -3.81. The molecule has 0 aliphatic carbocycles. The van der Waals surface area contributed by atoms with Gasteiger partial charge in [0.1, 0.15) is 16.5 Å². The van der Waals surface area contributed by atoms with Crippen molar-refractivity contribution in [2.75, 3.05) is 25.5 Å². The van der Waals surface area contributed by atoms with Crippen LogP contribution in [0.1, 0.15) is 36.0 Å². The molecule has 0 unspecified atom stereocenters. The number of hydrogen-bond acceptors (Lipinski definition) is 4. The lowest BCUT2D eigenvalue weighted by atomic mass is 10.2. The molecule has 2 aromatic carbocycles. The smallest absolute Gasteiger partial charge is 0.255 e. The fraction of sp³-hybridized carbons (Fsp3) is 0.350. The Hall–Kier alpha value is -2.45. The van der Waals surface area contributed by atoms with Crippen LogP contribution in [-0.2, 0) is 10.0 Å². The van der Waals surface area contributed by atoms with E-state index in [0.717, 1.165) is 25.7 Å². The molecule has 0 atom stereocenters. The number of carbonyl (C=O) groups is 1. The largest absolute Gasteiger partial charge is 0.495 e. The summed E-state index contributed by atoms with van der Waals surface area (Å²) in [4.78, 5) is 12.5. The molecule has 0 spiro atoms. The van der Waals surface area contributed by atoms with Crippen LogP contribution in [0.25, 0.3) is 0 Å². The average molecular weight is 406 g/mol. The molecule has 3 rings (SSSR count). The van der Waals surface area contributed by atoms with Crippen LogP contribution < -0.4 is 10.1 Å². The van der Waals surface area contributed by atoms with Gasteiger partial charge in [-0.05, 0) is 43.2 Å². The summed E-state index contributed by atoms with van der Waals surface area (Å²) >= 11 is 0. The fourth-order valence-corrected chi connectivity index (χ4v) is 4.90. The van der Waals surface area contributed by atoms with Gasteiger partial charge in [-0.2, -0.15) is 4.31 Å². The summed E-state index contributed by atoms with van der Waals surface area (Å²) in [5, 5.41) is 2.47. The van der Waals surface area contributed by atoms with Crippen LogP contribution in [0.2, 0.25) is 0 Å². The van der Waals surface area contributed by atoms with Crippen molar-refractivity contribution in [3.63, 3.8) is 0 Å². The second kappa shape index (κ2) is 8.70. The third-order valence-corrected chi connectivity index (χ3v) is 6.65. The Bertz CT molecular complexity index is 954. The number of halogens is 1. The van der Waals surface area contributed by atoms with Crippen LogP contribution in [0.4, 0.5) is 10.1 Å². The molecular weight excluding hydrogens is 383 g/mol. The van der Waals surface area contributed by atoms with Gasteiger partial charge >= 0.3 is 0 Å². The van der Waals surface area contributed by atoms with Crippen molar-refractivity contribution in [2.24, 2.45) is 0 Å². The van der Waals surface area contributed by atoms with Gasteiger partial charge in [0, 0.05) is 18.7 Å². The number of hydrogen-bond donors (Lipinski definition) is 1. The van der Waals surface area contributed by atoms with E-state index in [1.165, 1.54) is 47.8 Å². The van der Waals surface area contributed by atoms with Crippen molar-refractivity contribution < 1.29 is 22.3 Å². The Morgan fingerprint density at radius 3 is 2.39 bits per heavy atom. The van der Waals surface area contributed by atoms with Crippen molar-refractivity contribution in [3.05, 3.63) is 53.8 Å². The number of nitrogens with zero attached hydrogens (tertiary/aromatic N) is 1. The van der Waals surface area contributed by atoms with E-state index < -0.39 is 21.7 Å². The molecule has 0 bridgehead atoms. The van der Waals surface area contributed by atoms with Crippen LogP contribution in [0.15, 0.2) is 47.4 Å². The summed E-state index contributed by atoms with van der Waals surface area (Å²) in [6.45, 7) is 0.883. The predicted molar refractivity (Wildman–Crippen MR) is 105 cm³/mol. The molecular formula is C20H23FN2O4S. The van der Waals surface area contributed by atoms with E-state index in [-0.39, 0.29) is 21.9 Å². The van der Waals surface area contributed by atoms with Crippen molar-refractivity contribution >= 4 is 21.6 Å². The molecule has 1 aliphatic rings. The topological polar surface area (TPSA) is 75.7 Å². The zero-order chi connectivity index (χ0) is 20.1. The lowest BCUT2D eigenvalue weighted by molar-refractivity contribution is 0.102. The van der Waals surface area contributed by atoms with E-state index in [2.05, 4.69) is 5.32 Å². The van der Waals surface area contributed by atoms with E-state index >= 15 is 0 Å². The highest BCUT2D eigenvalue weighted by Crippen LogP contribution is 2.29.